The van der Waals surface area contributed by atoms with Gasteiger partial charge >= 0.3 is 5.69 Å². The van der Waals surface area contributed by atoms with Gasteiger partial charge in [-0.2, -0.15) is 4.39 Å². The Labute approximate surface area is 162 Å². The zero-order valence-corrected chi connectivity index (χ0v) is 15.5. The van der Waals surface area contributed by atoms with Crippen LogP contribution in [0.2, 0.25) is 0 Å². The standard InChI is InChI=1S/C18H15FN4O4S/c1-2-22-17(25)12-5-3-4-6-14(12)21-18(22)28-10-16(24)20-11-7-8-13(19)15(9-11)23(26)27/h3-9H,2,10H2,1H3,(H,20,24). The predicted molar refractivity (Wildman–Crippen MR) is 104 cm³/mol. The lowest BCUT2D eigenvalue weighted by Gasteiger charge is -2.11. The molecule has 3 rings (SSSR count). The van der Waals surface area contributed by atoms with Crippen molar-refractivity contribution in [2.45, 2.75) is 18.6 Å². The number of nitro benzene ring substituents is 1. The molecule has 0 aliphatic heterocycles. The number of nitrogens with zero attached hydrogens (tertiary/aromatic N) is 3. The fourth-order valence-electron chi connectivity index (χ4n) is 2.59. The molecule has 3 aromatic rings. The van der Waals surface area contributed by atoms with Gasteiger partial charge in [0.1, 0.15) is 0 Å². The van der Waals surface area contributed by atoms with Gasteiger partial charge in [0.05, 0.1) is 21.6 Å². The Morgan fingerprint density at radius 1 is 1.32 bits per heavy atom. The van der Waals surface area contributed by atoms with E-state index in [1.807, 2.05) is 0 Å². The van der Waals surface area contributed by atoms with Gasteiger partial charge in [0, 0.05) is 18.3 Å². The van der Waals surface area contributed by atoms with Gasteiger partial charge in [0.25, 0.3) is 5.56 Å². The Morgan fingerprint density at radius 3 is 2.79 bits per heavy atom. The monoisotopic (exact) mass is 402 g/mol. The van der Waals surface area contributed by atoms with Gasteiger partial charge in [-0.25, -0.2) is 4.98 Å². The Balaban J connectivity index is 1.77. The Hall–Kier alpha value is -3.27. The molecule has 0 aliphatic rings. The first-order valence-electron chi connectivity index (χ1n) is 8.27. The van der Waals surface area contributed by atoms with Crippen LogP contribution in [-0.2, 0) is 11.3 Å². The van der Waals surface area contributed by atoms with Gasteiger partial charge in [-0.1, -0.05) is 23.9 Å². The van der Waals surface area contributed by atoms with E-state index in [9.17, 15) is 24.1 Å². The summed E-state index contributed by atoms with van der Waals surface area (Å²) in [6.07, 6.45) is 0. The van der Waals surface area contributed by atoms with Crippen LogP contribution in [-0.4, -0.2) is 26.1 Å². The Morgan fingerprint density at radius 2 is 2.07 bits per heavy atom. The molecule has 1 heterocycles. The summed E-state index contributed by atoms with van der Waals surface area (Å²) in [5.74, 6) is -1.52. The molecule has 10 heteroatoms. The first-order chi connectivity index (χ1) is 13.4. The zero-order valence-electron chi connectivity index (χ0n) is 14.7. The van der Waals surface area contributed by atoms with E-state index in [-0.39, 0.29) is 17.0 Å². The highest BCUT2D eigenvalue weighted by Gasteiger charge is 2.16. The topological polar surface area (TPSA) is 107 Å². The lowest BCUT2D eigenvalue weighted by atomic mass is 10.2. The van der Waals surface area contributed by atoms with Gasteiger partial charge in [-0.3, -0.25) is 24.3 Å². The summed E-state index contributed by atoms with van der Waals surface area (Å²) >= 11 is 1.07. The van der Waals surface area contributed by atoms with Crippen LogP contribution < -0.4 is 10.9 Å². The van der Waals surface area contributed by atoms with Crippen molar-refractivity contribution in [1.82, 2.24) is 9.55 Å². The Kier molecular flexibility index (Phi) is 5.69. The molecule has 2 aromatic carbocycles. The van der Waals surface area contributed by atoms with Gasteiger partial charge in [-0.05, 0) is 31.2 Å². The maximum atomic E-state index is 13.4. The number of aromatic nitrogens is 2. The van der Waals surface area contributed by atoms with Crippen LogP contribution in [0.5, 0.6) is 0 Å². The van der Waals surface area contributed by atoms with E-state index in [0.717, 1.165) is 23.9 Å². The van der Waals surface area contributed by atoms with Gasteiger partial charge in [0.2, 0.25) is 11.7 Å². The molecule has 8 nitrogen and oxygen atoms in total. The largest absolute Gasteiger partial charge is 0.325 e. The molecule has 0 atom stereocenters. The molecule has 1 N–H and O–H groups in total. The van der Waals surface area contributed by atoms with E-state index in [0.29, 0.717) is 22.6 Å². The summed E-state index contributed by atoms with van der Waals surface area (Å²) in [5, 5.41) is 14.2. The van der Waals surface area contributed by atoms with Crippen LogP contribution in [0, 0.1) is 15.9 Å². The molecule has 0 saturated carbocycles. The summed E-state index contributed by atoms with van der Waals surface area (Å²) in [6.45, 7) is 2.20. The third kappa shape index (κ3) is 4.01. The van der Waals surface area contributed by atoms with E-state index in [1.54, 1.807) is 31.2 Å². The molecule has 0 spiro atoms. The van der Waals surface area contributed by atoms with Crippen LogP contribution in [0.4, 0.5) is 15.8 Å². The zero-order chi connectivity index (χ0) is 20.3. The number of rotatable bonds is 6. The van der Waals surface area contributed by atoms with Crippen molar-refractivity contribution in [3.8, 4) is 0 Å². The molecule has 28 heavy (non-hydrogen) atoms. The Bertz CT molecular complexity index is 1130. The number of anilines is 1. The minimum atomic E-state index is -0.982. The summed E-state index contributed by atoms with van der Waals surface area (Å²) in [7, 11) is 0. The highest BCUT2D eigenvalue weighted by Crippen LogP contribution is 2.22. The number of benzene rings is 2. The molecular formula is C18H15FN4O4S. The number of hydrogen-bond acceptors (Lipinski definition) is 6. The number of para-hydroxylation sites is 1. The SMILES string of the molecule is CCn1c(SCC(=O)Nc2ccc(F)c([N+](=O)[O-])c2)nc2ccccc2c1=O. The molecule has 0 radical (unpaired) electrons. The van der Waals surface area contributed by atoms with E-state index in [2.05, 4.69) is 10.3 Å². The average Bonchev–Trinajstić information content (AvgIpc) is 2.68. The van der Waals surface area contributed by atoms with E-state index >= 15 is 0 Å². The van der Waals surface area contributed by atoms with E-state index in [4.69, 9.17) is 0 Å². The number of carbonyl (C=O) groups is 1. The number of fused-ring (bicyclic) bond motifs is 1. The minimum Gasteiger partial charge on any atom is -0.325 e. The molecule has 0 bridgehead atoms. The van der Waals surface area contributed by atoms with Gasteiger partial charge < -0.3 is 5.32 Å². The van der Waals surface area contributed by atoms with E-state index in [1.165, 1.54) is 10.6 Å². The van der Waals surface area contributed by atoms with Crippen molar-refractivity contribution >= 4 is 39.9 Å². The fourth-order valence-corrected chi connectivity index (χ4v) is 3.46. The average molecular weight is 402 g/mol. The molecule has 0 fully saturated rings. The summed E-state index contributed by atoms with van der Waals surface area (Å²) < 4.78 is 14.9. The smallest absolute Gasteiger partial charge is 0.306 e. The van der Waals surface area contributed by atoms with Crippen molar-refractivity contribution in [1.29, 1.82) is 0 Å². The quantitative estimate of drug-likeness (QED) is 0.294. The second-order valence-corrected chi connectivity index (χ2v) is 6.66. The molecule has 1 amide bonds. The molecule has 144 valence electrons. The number of thioether (sulfide) groups is 1. The first kappa shape index (κ1) is 19.5. The molecular weight excluding hydrogens is 387 g/mol. The van der Waals surface area contributed by atoms with Gasteiger partial charge in [0.15, 0.2) is 5.16 Å². The van der Waals surface area contributed by atoms with Crippen molar-refractivity contribution in [3.63, 3.8) is 0 Å². The van der Waals surface area contributed by atoms with Crippen LogP contribution in [0.25, 0.3) is 10.9 Å². The summed E-state index contributed by atoms with van der Waals surface area (Å²) in [5.41, 5.74) is -0.265. The van der Waals surface area contributed by atoms with Crippen molar-refractivity contribution in [3.05, 3.63) is 68.7 Å². The lowest BCUT2D eigenvalue weighted by Crippen LogP contribution is -2.23. The highest BCUT2D eigenvalue weighted by atomic mass is 32.2. The first-order valence-corrected chi connectivity index (χ1v) is 9.25. The minimum absolute atomic E-state index is 0.0735. The van der Waals surface area contributed by atoms with Crippen LogP contribution in [0.1, 0.15) is 6.92 Å². The third-order valence-corrected chi connectivity index (χ3v) is 4.88. The number of carbonyl (C=O) groups excluding carboxylic acids is 1. The normalized spacial score (nSPS) is 10.8. The molecule has 0 saturated heterocycles. The summed E-state index contributed by atoms with van der Waals surface area (Å²) in [4.78, 5) is 39.1. The van der Waals surface area contributed by atoms with Gasteiger partial charge in [-0.15, -0.1) is 0 Å². The van der Waals surface area contributed by atoms with Crippen molar-refractivity contribution < 1.29 is 14.1 Å². The second kappa shape index (κ2) is 8.17. The van der Waals surface area contributed by atoms with Crippen LogP contribution in [0.15, 0.2) is 52.4 Å². The maximum Gasteiger partial charge on any atom is 0.306 e. The molecule has 0 unspecified atom stereocenters. The van der Waals surface area contributed by atoms with E-state index < -0.39 is 22.3 Å². The number of nitrogens with one attached hydrogen (secondary N) is 1. The number of hydrogen-bond donors (Lipinski definition) is 1. The number of nitro groups is 1. The second-order valence-electron chi connectivity index (χ2n) is 5.72. The molecule has 1 aromatic heterocycles. The highest BCUT2D eigenvalue weighted by molar-refractivity contribution is 7.99. The predicted octanol–water partition coefficient (Wildman–Crippen LogP) is 3.19. The number of amides is 1. The van der Waals surface area contributed by atoms with Crippen LogP contribution >= 0.6 is 11.8 Å². The number of halogens is 1. The van der Waals surface area contributed by atoms with Crippen molar-refractivity contribution in [2.24, 2.45) is 0 Å². The third-order valence-electron chi connectivity index (χ3n) is 3.90. The summed E-state index contributed by atoms with van der Waals surface area (Å²) in [6, 6.07) is 10.1. The lowest BCUT2D eigenvalue weighted by molar-refractivity contribution is -0.387. The van der Waals surface area contributed by atoms with Crippen molar-refractivity contribution in [2.75, 3.05) is 11.1 Å². The van der Waals surface area contributed by atoms with Crippen LogP contribution in [0.3, 0.4) is 0 Å². The molecule has 0 aliphatic carbocycles. The fraction of sp³-hybridized carbons (Fsp3) is 0.167. The maximum absolute atomic E-state index is 13.4.